The predicted octanol–water partition coefficient (Wildman–Crippen LogP) is 2.35. The number of hydrogen-bond donors (Lipinski definition) is 1. The van der Waals surface area contributed by atoms with Gasteiger partial charge in [0.05, 0.1) is 11.6 Å². The van der Waals surface area contributed by atoms with Crippen molar-refractivity contribution in [3.8, 4) is 0 Å². The molecule has 2 aromatic rings. The van der Waals surface area contributed by atoms with Gasteiger partial charge in [0.2, 0.25) is 0 Å². The highest BCUT2D eigenvalue weighted by atomic mass is 16.3. The number of ketones is 1. The van der Waals surface area contributed by atoms with Crippen molar-refractivity contribution in [1.29, 1.82) is 0 Å². The van der Waals surface area contributed by atoms with Crippen LogP contribution in [0.25, 0.3) is 0 Å². The van der Waals surface area contributed by atoms with E-state index in [0.717, 1.165) is 11.1 Å². The molecule has 6 nitrogen and oxygen atoms in total. The fourth-order valence-corrected chi connectivity index (χ4v) is 2.87. The molecule has 1 unspecified atom stereocenters. The highest BCUT2D eigenvalue weighted by molar-refractivity contribution is 6.08. The number of carbonyl (C=O) groups is 2. The van der Waals surface area contributed by atoms with E-state index in [-0.39, 0.29) is 24.3 Å². The van der Waals surface area contributed by atoms with E-state index in [4.69, 9.17) is 0 Å². The molecule has 6 heteroatoms. The minimum atomic E-state index is -0.617. The zero-order chi connectivity index (χ0) is 17.1. The molecule has 24 heavy (non-hydrogen) atoms. The first-order chi connectivity index (χ1) is 11.6. The number of aliphatic hydroxyl groups excluding tert-OH is 1. The second kappa shape index (κ2) is 6.62. The highest BCUT2D eigenvalue weighted by Gasteiger charge is 2.42. The summed E-state index contributed by atoms with van der Waals surface area (Å²) in [6, 6.07) is 6.50. The summed E-state index contributed by atoms with van der Waals surface area (Å²) in [4.78, 5) is 34.4. The largest absolute Gasteiger partial charge is 0.503 e. The Balaban J connectivity index is 2.04. The van der Waals surface area contributed by atoms with Gasteiger partial charge in [0.25, 0.3) is 5.91 Å². The number of pyridine rings is 2. The second-order valence-electron chi connectivity index (χ2n) is 5.52. The Morgan fingerprint density at radius 2 is 1.96 bits per heavy atom. The molecule has 1 aliphatic heterocycles. The molecule has 0 saturated carbocycles. The molecule has 1 atom stereocenters. The molecular weight excluding hydrogens is 306 g/mol. The summed E-state index contributed by atoms with van der Waals surface area (Å²) in [6.45, 7) is 1.96. The van der Waals surface area contributed by atoms with E-state index in [9.17, 15) is 14.7 Å². The van der Waals surface area contributed by atoms with Crippen molar-refractivity contribution >= 4 is 11.7 Å². The van der Waals surface area contributed by atoms with Gasteiger partial charge >= 0.3 is 0 Å². The first-order valence-corrected chi connectivity index (χ1v) is 7.69. The predicted molar refractivity (Wildman–Crippen MR) is 86.7 cm³/mol. The fourth-order valence-electron chi connectivity index (χ4n) is 2.87. The molecule has 3 heterocycles. The van der Waals surface area contributed by atoms with Crippen LogP contribution in [0.15, 0.2) is 60.4 Å². The van der Waals surface area contributed by atoms with Crippen molar-refractivity contribution in [2.75, 3.05) is 0 Å². The Kier molecular flexibility index (Phi) is 4.37. The number of aliphatic hydroxyl groups is 1. The van der Waals surface area contributed by atoms with Gasteiger partial charge in [0.15, 0.2) is 11.5 Å². The zero-order valence-corrected chi connectivity index (χ0v) is 13.2. The van der Waals surface area contributed by atoms with E-state index >= 15 is 0 Å². The Morgan fingerprint density at radius 1 is 1.21 bits per heavy atom. The van der Waals surface area contributed by atoms with E-state index in [2.05, 4.69) is 9.97 Å². The topological polar surface area (TPSA) is 83.4 Å². The summed E-state index contributed by atoms with van der Waals surface area (Å²) >= 11 is 0. The third-order valence-electron chi connectivity index (χ3n) is 4.02. The smallest absolute Gasteiger partial charge is 0.290 e. The van der Waals surface area contributed by atoms with Gasteiger partial charge in [-0.05, 0) is 29.3 Å². The molecule has 3 rings (SSSR count). The van der Waals surface area contributed by atoms with Crippen molar-refractivity contribution < 1.29 is 14.7 Å². The number of rotatable bonds is 5. The van der Waals surface area contributed by atoms with Crippen LogP contribution >= 0.6 is 0 Å². The maximum Gasteiger partial charge on any atom is 0.290 e. The standard InChI is InChI=1S/C18H17N3O3/c1-2-14(22)15-16(13-5-8-19-9-6-13)21(18(24)17(15)23)11-12-4-3-7-20-10-12/h3-10,16,23H,2,11H2,1H3. The summed E-state index contributed by atoms with van der Waals surface area (Å²) in [7, 11) is 0. The van der Waals surface area contributed by atoms with Crippen molar-refractivity contribution in [1.82, 2.24) is 14.9 Å². The Labute approximate surface area is 139 Å². The lowest BCUT2D eigenvalue weighted by atomic mass is 9.95. The van der Waals surface area contributed by atoms with E-state index in [1.165, 1.54) is 4.90 Å². The monoisotopic (exact) mass is 323 g/mol. The number of hydrogen-bond acceptors (Lipinski definition) is 5. The van der Waals surface area contributed by atoms with Crippen LogP contribution in [0.5, 0.6) is 0 Å². The molecule has 1 N–H and O–H groups in total. The van der Waals surface area contributed by atoms with Gasteiger partial charge in [-0.1, -0.05) is 13.0 Å². The molecular formula is C18H17N3O3. The lowest BCUT2D eigenvalue weighted by Crippen LogP contribution is -2.30. The third-order valence-corrected chi connectivity index (χ3v) is 4.02. The maximum absolute atomic E-state index is 12.6. The fraction of sp³-hybridized carbons (Fsp3) is 0.222. The normalized spacial score (nSPS) is 17.5. The van der Waals surface area contributed by atoms with Gasteiger partial charge in [-0.3, -0.25) is 19.6 Å². The molecule has 1 amide bonds. The van der Waals surface area contributed by atoms with E-state index in [1.807, 2.05) is 6.07 Å². The van der Waals surface area contributed by atoms with Gasteiger partial charge in [0, 0.05) is 37.8 Å². The third kappa shape index (κ3) is 2.78. The summed E-state index contributed by atoms with van der Waals surface area (Å²) in [5.41, 5.74) is 1.71. The van der Waals surface area contributed by atoms with Crippen molar-refractivity contribution in [2.45, 2.75) is 25.9 Å². The summed E-state index contributed by atoms with van der Waals surface area (Å²) < 4.78 is 0. The first kappa shape index (κ1) is 15.9. The first-order valence-electron chi connectivity index (χ1n) is 7.69. The average Bonchev–Trinajstić information content (AvgIpc) is 2.87. The molecule has 0 aliphatic carbocycles. The summed E-state index contributed by atoms with van der Waals surface area (Å²) in [5, 5.41) is 10.3. The Hall–Kier alpha value is -3.02. The van der Waals surface area contributed by atoms with Crippen molar-refractivity contribution in [3.05, 3.63) is 71.5 Å². The van der Waals surface area contributed by atoms with Crippen LogP contribution < -0.4 is 0 Å². The molecule has 0 fully saturated rings. The van der Waals surface area contributed by atoms with Gasteiger partial charge in [-0.15, -0.1) is 0 Å². The van der Waals surface area contributed by atoms with E-state index in [0.29, 0.717) is 0 Å². The SMILES string of the molecule is CCC(=O)C1=C(O)C(=O)N(Cc2cccnc2)C1c1ccncc1. The lowest BCUT2D eigenvalue weighted by molar-refractivity contribution is -0.130. The lowest BCUT2D eigenvalue weighted by Gasteiger charge is -2.26. The highest BCUT2D eigenvalue weighted by Crippen LogP contribution is 2.38. The molecule has 0 aromatic carbocycles. The van der Waals surface area contributed by atoms with Gasteiger partial charge in [-0.2, -0.15) is 0 Å². The quantitative estimate of drug-likeness (QED) is 0.913. The van der Waals surface area contributed by atoms with Crippen LogP contribution in [-0.4, -0.2) is 31.7 Å². The zero-order valence-electron chi connectivity index (χ0n) is 13.2. The van der Waals surface area contributed by atoms with Crippen molar-refractivity contribution in [3.63, 3.8) is 0 Å². The number of nitrogens with zero attached hydrogens (tertiary/aromatic N) is 3. The van der Waals surface area contributed by atoms with Crippen LogP contribution in [0.1, 0.15) is 30.5 Å². The molecule has 2 aromatic heterocycles. The summed E-state index contributed by atoms with van der Waals surface area (Å²) in [6.07, 6.45) is 6.73. The van der Waals surface area contributed by atoms with Crippen LogP contribution in [0.4, 0.5) is 0 Å². The maximum atomic E-state index is 12.6. The Morgan fingerprint density at radius 3 is 2.58 bits per heavy atom. The molecule has 0 radical (unpaired) electrons. The second-order valence-corrected chi connectivity index (χ2v) is 5.52. The number of Topliss-reactive ketones (excluding diaryl/α,β-unsaturated/α-hetero) is 1. The molecule has 122 valence electrons. The van der Waals surface area contributed by atoms with E-state index in [1.54, 1.807) is 49.9 Å². The summed E-state index contributed by atoms with van der Waals surface area (Å²) in [5.74, 6) is -1.25. The van der Waals surface area contributed by atoms with E-state index < -0.39 is 17.7 Å². The van der Waals surface area contributed by atoms with Crippen LogP contribution in [-0.2, 0) is 16.1 Å². The van der Waals surface area contributed by atoms with Gasteiger partial charge in [-0.25, -0.2) is 0 Å². The van der Waals surface area contributed by atoms with Crippen LogP contribution in [0.3, 0.4) is 0 Å². The molecule has 1 aliphatic rings. The van der Waals surface area contributed by atoms with Gasteiger partial charge < -0.3 is 10.0 Å². The average molecular weight is 323 g/mol. The van der Waals surface area contributed by atoms with Crippen LogP contribution in [0, 0.1) is 0 Å². The Bertz CT molecular complexity index is 788. The number of carbonyl (C=O) groups excluding carboxylic acids is 2. The van der Waals surface area contributed by atoms with Crippen molar-refractivity contribution in [2.24, 2.45) is 0 Å². The number of aromatic nitrogens is 2. The van der Waals surface area contributed by atoms with Gasteiger partial charge in [0.1, 0.15) is 0 Å². The van der Waals surface area contributed by atoms with Crippen LogP contribution in [0.2, 0.25) is 0 Å². The molecule has 0 saturated heterocycles. The minimum absolute atomic E-state index is 0.151. The minimum Gasteiger partial charge on any atom is -0.503 e. The molecule has 0 bridgehead atoms. The number of amides is 1. The molecule has 0 spiro atoms.